The van der Waals surface area contributed by atoms with Crippen LogP contribution >= 0.6 is 0 Å². The largest absolute Gasteiger partial charge is 0.324 e. The highest BCUT2D eigenvalue weighted by Gasteiger charge is 2.02. The Kier molecular flexibility index (Phi) is 3.79. The van der Waals surface area contributed by atoms with Gasteiger partial charge in [-0.25, -0.2) is 0 Å². The minimum absolute atomic E-state index is 0.0120. The van der Waals surface area contributed by atoms with Crippen molar-refractivity contribution in [3.63, 3.8) is 0 Å². The van der Waals surface area contributed by atoms with Crippen molar-refractivity contribution < 1.29 is 4.79 Å². The zero-order valence-corrected chi connectivity index (χ0v) is 11.5. The molecule has 0 N–H and O–H groups in total. The lowest BCUT2D eigenvalue weighted by atomic mass is 10.1. The second-order valence-electron chi connectivity index (χ2n) is 4.75. The average molecular weight is 273 g/mol. The van der Waals surface area contributed by atoms with Crippen molar-refractivity contribution in [2.45, 2.75) is 0 Å². The lowest BCUT2D eigenvalue weighted by molar-refractivity contribution is 0.104. The van der Waals surface area contributed by atoms with E-state index < -0.39 is 0 Å². The number of nitrogens with zero attached hydrogens (tertiary/aromatic N) is 1. The van der Waals surface area contributed by atoms with Crippen LogP contribution in [0.2, 0.25) is 0 Å². The highest BCUT2D eigenvalue weighted by atomic mass is 16.1. The van der Waals surface area contributed by atoms with Gasteiger partial charge in [0.25, 0.3) is 0 Å². The molecule has 0 radical (unpaired) electrons. The standard InChI is InChI=1S/C19H15NO/c21-19(13-8-16-6-2-1-3-7-16)17-9-11-18(12-10-17)20-14-4-5-15-20/h1-15H/b13-8+. The summed E-state index contributed by atoms with van der Waals surface area (Å²) in [6.45, 7) is 0. The van der Waals surface area contributed by atoms with Crippen LogP contribution in [-0.2, 0) is 0 Å². The van der Waals surface area contributed by atoms with Crippen LogP contribution in [0.15, 0.2) is 85.2 Å². The summed E-state index contributed by atoms with van der Waals surface area (Å²) in [5, 5.41) is 0. The first kappa shape index (κ1) is 13.1. The predicted octanol–water partition coefficient (Wildman–Crippen LogP) is 4.37. The Balaban J connectivity index is 1.75. The molecule has 0 aliphatic rings. The first-order valence-corrected chi connectivity index (χ1v) is 6.84. The van der Waals surface area contributed by atoms with Gasteiger partial charge in [0.15, 0.2) is 5.78 Å². The quantitative estimate of drug-likeness (QED) is 0.511. The van der Waals surface area contributed by atoms with Gasteiger partial charge in [-0.2, -0.15) is 0 Å². The summed E-state index contributed by atoms with van der Waals surface area (Å²) in [6, 6.07) is 21.4. The van der Waals surface area contributed by atoms with Crippen molar-refractivity contribution >= 4 is 11.9 Å². The second kappa shape index (κ2) is 6.06. The Bertz CT molecular complexity index is 738. The fourth-order valence-electron chi connectivity index (χ4n) is 2.14. The number of rotatable bonds is 4. The number of allylic oxidation sites excluding steroid dienone is 1. The molecule has 0 amide bonds. The van der Waals surface area contributed by atoms with E-state index in [1.165, 1.54) is 0 Å². The number of benzene rings is 2. The van der Waals surface area contributed by atoms with Gasteiger partial charge in [0, 0.05) is 23.6 Å². The van der Waals surface area contributed by atoms with Crippen LogP contribution in [0.4, 0.5) is 0 Å². The molecule has 0 fully saturated rings. The van der Waals surface area contributed by atoms with Gasteiger partial charge in [0.05, 0.1) is 0 Å². The van der Waals surface area contributed by atoms with Crippen LogP contribution in [0, 0.1) is 0 Å². The SMILES string of the molecule is O=C(/C=C/c1ccccc1)c1ccc(-n2cccc2)cc1. The molecule has 3 rings (SSSR count). The average Bonchev–Trinajstić information content (AvgIpc) is 3.08. The predicted molar refractivity (Wildman–Crippen MR) is 85.6 cm³/mol. The van der Waals surface area contributed by atoms with Crippen molar-refractivity contribution in [2.24, 2.45) is 0 Å². The zero-order valence-electron chi connectivity index (χ0n) is 11.5. The minimum atomic E-state index is 0.0120. The van der Waals surface area contributed by atoms with Crippen molar-refractivity contribution in [3.8, 4) is 5.69 Å². The maximum Gasteiger partial charge on any atom is 0.185 e. The molecule has 21 heavy (non-hydrogen) atoms. The van der Waals surface area contributed by atoms with Crippen LogP contribution in [-0.4, -0.2) is 10.4 Å². The number of aromatic nitrogens is 1. The summed E-state index contributed by atoms with van der Waals surface area (Å²) >= 11 is 0. The molecule has 0 bridgehead atoms. The van der Waals surface area contributed by atoms with Crippen LogP contribution in [0.25, 0.3) is 11.8 Å². The molecular weight excluding hydrogens is 258 g/mol. The fraction of sp³-hybridized carbons (Fsp3) is 0. The molecule has 0 aliphatic heterocycles. The summed E-state index contributed by atoms with van der Waals surface area (Å²) in [4.78, 5) is 12.1. The van der Waals surface area contributed by atoms with E-state index in [-0.39, 0.29) is 5.78 Å². The van der Waals surface area contributed by atoms with Gasteiger partial charge in [-0.05, 0) is 48.0 Å². The maximum atomic E-state index is 12.1. The smallest absolute Gasteiger partial charge is 0.185 e. The van der Waals surface area contributed by atoms with Crippen molar-refractivity contribution in [2.75, 3.05) is 0 Å². The first-order valence-electron chi connectivity index (χ1n) is 6.84. The van der Waals surface area contributed by atoms with Crippen molar-refractivity contribution in [1.82, 2.24) is 4.57 Å². The summed E-state index contributed by atoms with van der Waals surface area (Å²) in [5.74, 6) is 0.0120. The first-order chi connectivity index (χ1) is 10.3. The summed E-state index contributed by atoms with van der Waals surface area (Å²) < 4.78 is 2.01. The zero-order chi connectivity index (χ0) is 14.5. The van der Waals surface area contributed by atoms with E-state index in [1.54, 1.807) is 6.08 Å². The molecular formula is C19H15NO. The van der Waals surface area contributed by atoms with Gasteiger partial charge in [0.2, 0.25) is 0 Å². The molecule has 0 saturated carbocycles. The van der Waals surface area contributed by atoms with Gasteiger partial charge in [-0.15, -0.1) is 0 Å². The third-order valence-electron chi connectivity index (χ3n) is 3.28. The fourth-order valence-corrected chi connectivity index (χ4v) is 2.14. The molecule has 1 heterocycles. The van der Waals surface area contributed by atoms with Crippen LogP contribution in [0.3, 0.4) is 0 Å². The van der Waals surface area contributed by atoms with Gasteiger partial charge in [0.1, 0.15) is 0 Å². The number of hydrogen-bond donors (Lipinski definition) is 0. The molecule has 3 aromatic rings. The van der Waals surface area contributed by atoms with E-state index in [1.807, 2.05) is 89.8 Å². The van der Waals surface area contributed by atoms with E-state index >= 15 is 0 Å². The highest BCUT2D eigenvalue weighted by molar-refractivity contribution is 6.06. The normalized spacial score (nSPS) is 10.9. The number of ketones is 1. The van der Waals surface area contributed by atoms with Crippen molar-refractivity contribution in [3.05, 3.63) is 96.3 Å². The van der Waals surface area contributed by atoms with E-state index in [2.05, 4.69) is 0 Å². The Hall–Kier alpha value is -2.87. The molecule has 0 atom stereocenters. The third-order valence-corrected chi connectivity index (χ3v) is 3.28. The van der Waals surface area contributed by atoms with E-state index in [0.29, 0.717) is 5.56 Å². The van der Waals surface area contributed by atoms with Gasteiger partial charge in [-0.3, -0.25) is 4.79 Å². The molecule has 0 unspecified atom stereocenters. The Morgan fingerprint density at radius 2 is 1.48 bits per heavy atom. The topological polar surface area (TPSA) is 22.0 Å². The van der Waals surface area contributed by atoms with Gasteiger partial charge in [-0.1, -0.05) is 36.4 Å². The molecule has 2 nitrogen and oxygen atoms in total. The van der Waals surface area contributed by atoms with Crippen LogP contribution in [0.5, 0.6) is 0 Å². The lowest BCUT2D eigenvalue weighted by Crippen LogP contribution is -1.96. The van der Waals surface area contributed by atoms with E-state index in [0.717, 1.165) is 11.3 Å². The second-order valence-corrected chi connectivity index (χ2v) is 4.75. The van der Waals surface area contributed by atoms with Crippen molar-refractivity contribution in [1.29, 1.82) is 0 Å². The number of carbonyl (C=O) groups is 1. The van der Waals surface area contributed by atoms with E-state index in [4.69, 9.17) is 0 Å². The molecule has 2 aromatic carbocycles. The Morgan fingerprint density at radius 3 is 2.14 bits per heavy atom. The molecule has 2 heteroatoms. The molecule has 0 spiro atoms. The maximum absolute atomic E-state index is 12.1. The Morgan fingerprint density at radius 1 is 0.810 bits per heavy atom. The summed E-state index contributed by atoms with van der Waals surface area (Å²) in [5.41, 5.74) is 2.76. The monoisotopic (exact) mass is 273 g/mol. The van der Waals surface area contributed by atoms with Gasteiger partial charge >= 0.3 is 0 Å². The summed E-state index contributed by atoms with van der Waals surface area (Å²) in [7, 11) is 0. The molecule has 0 saturated heterocycles. The van der Waals surface area contributed by atoms with E-state index in [9.17, 15) is 4.79 Å². The molecule has 102 valence electrons. The highest BCUT2D eigenvalue weighted by Crippen LogP contribution is 2.11. The van der Waals surface area contributed by atoms with Crippen LogP contribution in [0.1, 0.15) is 15.9 Å². The van der Waals surface area contributed by atoms with Gasteiger partial charge < -0.3 is 4.57 Å². The lowest BCUT2D eigenvalue weighted by Gasteiger charge is -2.03. The molecule has 0 aliphatic carbocycles. The minimum Gasteiger partial charge on any atom is -0.324 e. The van der Waals surface area contributed by atoms with Crippen LogP contribution < -0.4 is 0 Å². The molecule has 1 aromatic heterocycles. The number of hydrogen-bond acceptors (Lipinski definition) is 1. The Labute approximate surface area is 124 Å². The third kappa shape index (κ3) is 3.18. The number of carbonyl (C=O) groups excluding carboxylic acids is 1. The summed E-state index contributed by atoms with van der Waals surface area (Å²) in [6.07, 6.45) is 7.40.